The maximum absolute atomic E-state index is 15.1. The topological polar surface area (TPSA) is 99.9 Å². The largest absolute Gasteiger partial charge is 0.511 e. The van der Waals surface area contributed by atoms with Gasteiger partial charge in [0.15, 0.2) is 14.1 Å². The predicted octanol–water partition coefficient (Wildman–Crippen LogP) is 11.2. The summed E-state index contributed by atoms with van der Waals surface area (Å²) < 4.78 is 12.7. The van der Waals surface area contributed by atoms with Crippen LogP contribution in [-0.2, 0) is 14.0 Å². The number of aliphatic hydroxyl groups is 1. The first-order chi connectivity index (χ1) is 23.5. The van der Waals surface area contributed by atoms with Crippen molar-refractivity contribution in [3.63, 3.8) is 0 Å². The molecule has 0 aromatic carbocycles. The third-order valence-electron chi connectivity index (χ3n) is 16.1. The first kappa shape index (κ1) is 41.1. The van der Waals surface area contributed by atoms with Crippen LogP contribution in [0.3, 0.4) is 0 Å². The van der Waals surface area contributed by atoms with Gasteiger partial charge >= 0.3 is 6.09 Å². The van der Waals surface area contributed by atoms with Crippen molar-refractivity contribution in [2.45, 2.75) is 165 Å². The molecule has 7 atom stereocenters. The standard InChI is InChI=1S/C44H72N2O5Si/c1-37(2,3)51-36(49)46(22-23-50-52(14,15)38(4,5)6)28-44-20-18-39(7,8)26-30(44)34-31(47)24-33-41(11)25-29(27-45)35(48)40(9,10)32(41)16-17-42(33,12)43(34,13)19-21-44/h24,30,32,34,48H,16-23,25-26,28H2,1-15H3/t30-,32-,34-,41-,42+,43+,44+/m0/s1. The highest BCUT2D eigenvalue weighted by Gasteiger charge is 2.70. The molecule has 0 spiro atoms. The zero-order valence-electron chi connectivity index (χ0n) is 35.6. The summed E-state index contributed by atoms with van der Waals surface area (Å²) in [5.74, 6) is 0.550. The minimum atomic E-state index is -2.03. The van der Waals surface area contributed by atoms with Gasteiger partial charge < -0.3 is 19.2 Å². The molecule has 3 fully saturated rings. The van der Waals surface area contributed by atoms with E-state index in [4.69, 9.17) is 9.16 Å². The van der Waals surface area contributed by atoms with E-state index in [0.717, 1.165) is 44.9 Å². The fraction of sp³-hybridized carbons (Fsp3) is 0.841. The third-order valence-corrected chi connectivity index (χ3v) is 20.6. The second-order valence-corrected chi connectivity index (χ2v) is 27.2. The quantitative estimate of drug-likeness (QED) is 0.273. The normalized spacial score (nSPS) is 37.1. The summed E-state index contributed by atoms with van der Waals surface area (Å²) in [5.41, 5.74) is -0.518. The molecule has 0 aliphatic heterocycles. The van der Waals surface area contributed by atoms with Crippen LogP contribution in [0.25, 0.3) is 0 Å². The lowest BCUT2D eigenvalue weighted by Crippen LogP contribution is -2.66. The molecule has 0 aromatic heterocycles. The minimum absolute atomic E-state index is 0.0660. The fourth-order valence-corrected chi connectivity index (χ4v) is 12.9. The Morgan fingerprint density at radius 2 is 1.62 bits per heavy atom. The molecular formula is C44H72N2O5Si. The van der Waals surface area contributed by atoms with Crippen LogP contribution in [0.4, 0.5) is 4.79 Å². The second kappa shape index (κ2) is 12.7. The van der Waals surface area contributed by atoms with Gasteiger partial charge in [0, 0.05) is 24.4 Å². The molecule has 292 valence electrons. The van der Waals surface area contributed by atoms with Crippen molar-refractivity contribution in [2.24, 2.45) is 50.2 Å². The van der Waals surface area contributed by atoms with E-state index < -0.39 is 24.7 Å². The van der Waals surface area contributed by atoms with Crippen LogP contribution in [0, 0.1) is 61.6 Å². The van der Waals surface area contributed by atoms with Gasteiger partial charge in [0.05, 0.1) is 18.2 Å². The van der Waals surface area contributed by atoms with Crippen molar-refractivity contribution in [1.82, 2.24) is 4.90 Å². The van der Waals surface area contributed by atoms with Crippen molar-refractivity contribution in [3.8, 4) is 6.07 Å². The van der Waals surface area contributed by atoms with E-state index in [1.807, 2.05) is 31.7 Å². The second-order valence-electron chi connectivity index (χ2n) is 22.4. The van der Waals surface area contributed by atoms with E-state index in [9.17, 15) is 15.2 Å². The van der Waals surface area contributed by atoms with E-state index in [1.165, 1.54) is 5.57 Å². The molecule has 0 radical (unpaired) electrons. The van der Waals surface area contributed by atoms with Crippen molar-refractivity contribution < 1.29 is 23.9 Å². The number of allylic oxidation sites excluding steroid dienone is 4. The molecule has 1 amide bonds. The molecule has 8 heteroatoms. The van der Waals surface area contributed by atoms with Gasteiger partial charge in [0.25, 0.3) is 0 Å². The summed E-state index contributed by atoms with van der Waals surface area (Å²) in [6.07, 6.45) is 8.95. The van der Waals surface area contributed by atoms with Crippen molar-refractivity contribution in [1.29, 1.82) is 5.26 Å². The van der Waals surface area contributed by atoms with Crippen LogP contribution in [0.5, 0.6) is 0 Å². The SMILES string of the molecule is CC1(C)CC[C@]2(CN(CCO[Si](C)(C)C(C)(C)C)C(=O)OC(C)(C)C)CC[C@]3(C)[C@H](C(=O)C=C4[C@@]5(C)CC(C#N)=C(O)C(C)(C)[C@@H]5CC[C@]43C)[C@@H]2C1. The molecule has 5 rings (SSSR count). The number of hydrogen-bond donors (Lipinski definition) is 1. The Hall–Kier alpha value is -2.11. The molecule has 0 saturated heterocycles. The lowest BCUT2D eigenvalue weighted by Gasteiger charge is -2.70. The lowest BCUT2D eigenvalue weighted by atomic mass is 9.34. The van der Waals surface area contributed by atoms with Gasteiger partial charge in [-0.25, -0.2) is 4.79 Å². The van der Waals surface area contributed by atoms with Crippen LogP contribution in [0.2, 0.25) is 18.1 Å². The summed E-state index contributed by atoms with van der Waals surface area (Å²) in [7, 11) is -2.03. The maximum Gasteiger partial charge on any atom is 0.410 e. The zero-order chi connectivity index (χ0) is 39.3. The molecular weight excluding hydrogens is 665 g/mol. The summed E-state index contributed by atoms with van der Waals surface area (Å²) >= 11 is 0. The highest BCUT2D eigenvalue weighted by atomic mass is 28.4. The Morgan fingerprint density at radius 3 is 2.19 bits per heavy atom. The number of ketones is 1. The molecule has 0 heterocycles. The van der Waals surface area contributed by atoms with Gasteiger partial charge in [-0.2, -0.15) is 5.26 Å². The smallest absolute Gasteiger partial charge is 0.410 e. The number of carbonyl (C=O) groups is 2. The Labute approximate surface area is 317 Å². The number of ether oxygens (including phenoxy) is 1. The molecule has 7 nitrogen and oxygen atoms in total. The highest BCUT2D eigenvalue weighted by Crippen LogP contribution is 2.75. The van der Waals surface area contributed by atoms with Crippen LogP contribution >= 0.6 is 0 Å². The number of carbonyl (C=O) groups excluding carboxylic acids is 2. The first-order valence-corrected chi connectivity index (χ1v) is 23.1. The van der Waals surface area contributed by atoms with E-state index in [0.29, 0.717) is 31.7 Å². The molecule has 0 unspecified atom stereocenters. The number of amides is 1. The Kier molecular flexibility index (Phi) is 10.0. The van der Waals surface area contributed by atoms with Gasteiger partial charge in [-0.15, -0.1) is 0 Å². The summed E-state index contributed by atoms with van der Waals surface area (Å²) in [6.45, 7) is 34.5. The zero-order valence-corrected chi connectivity index (χ0v) is 36.6. The van der Waals surface area contributed by atoms with Crippen LogP contribution in [0.15, 0.2) is 23.0 Å². The third kappa shape index (κ3) is 6.54. The monoisotopic (exact) mass is 737 g/mol. The van der Waals surface area contributed by atoms with Crippen LogP contribution in [-0.4, -0.2) is 55.5 Å². The van der Waals surface area contributed by atoms with Crippen LogP contribution in [0.1, 0.15) is 141 Å². The summed E-state index contributed by atoms with van der Waals surface area (Å²) in [6, 6.07) is 2.34. The maximum atomic E-state index is 15.1. The molecule has 0 aromatic rings. The van der Waals surface area contributed by atoms with E-state index >= 15 is 4.79 Å². The Bertz CT molecular complexity index is 1570. The number of nitrogens with zero attached hydrogens (tertiary/aromatic N) is 2. The van der Waals surface area contributed by atoms with Crippen molar-refractivity contribution in [2.75, 3.05) is 19.7 Å². The van der Waals surface area contributed by atoms with Gasteiger partial charge in [0.2, 0.25) is 0 Å². The predicted molar refractivity (Wildman–Crippen MR) is 211 cm³/mol. The lowest BCUT2D eigenvalue weighted by molar-refractivity contribution is -0.175. The number of hydrogen-bond acceptors (Lipinski definition) is 6. The Balaban J connectivity index is 1.56. The van der Waals surface area contributed by atoms with Gasteiger partial charge in [0.1, 0.15) is 11.4 Å². The minimum Gasteiger partial charge on any atom is -0.511 e. The summed E-state index contributed by atoms with van der Waals surface area (Å²) in [4.78, 5) is 31.1. The van der Waals surface area contributed by atoms with E-state index in [1.54, 1.807) is 0 Å². The fourth-order valence-electron chi connectivity index (χ4n) is 11.9. The number of rotatable bonds is 6. The molecule has 1 N–H and O–H groups in total. The van der Waals surface area contributed by atoms with Crippen molar-refractivity contribution >= 4 is 20.2 Å². The van der Waals surface area contributed by atoms with Gasteiger partial charge in [-0.3, -0.25) is 4.79 Å². The number of fused-ring (bicyclic) bond motifs is 7. The molecule has 5 aliphatic carbocycles. The van der Waals surface area contributed by atoms with Gasteiger partial charge in [-0.05, 0) is 135 Å². The highest BCUT2D eigenvalue weighted by molar-refractivity contribution is 6.74. The van der Waals surface area contributed by atoms with E-state index in [-0.39, 0.29) is 62.1 Å². The molecule has 0 bridgehead atoms. The number of nitriles is 1. The van der Waals surface area contributed by atoms with Crippen LogP contribution < -0.4 is 0 Å². The average molecular weight is 737 g/mol. The van der Waals surface area contributed by atoms with E-state index in [2.05, 4.69) is 88.4 Å². The first-order valence-electron chi connectivity index (χ1n) is 20.2. The Morgan fingerprint density at radius 1 is 1.00 bits per heavy atom. The molecule has 5 aliphatic rings. The summed E-state index contributed by atoms with van der Waals surface area (Å²) in [5, 5.41) is 21.5. The average Bonchev–Trinajstić information content (AvgIpc) is 2.98. The number of aliphatic hydroxyl groups excluding tert-OH is 1. The van der Waals surface area contributed by atoms with Crippen molar-refractivity contribution in [3.05, 3.63) is 23.0 Å². The van der Waals surface area contributed by atoms with Gasteiger partial charge in [-0.1, -0.05) is 74.8 Å². The molecule has 3 saturated carbocycles. The molecule has 52 heavy (non-hydrogen) atoms.